The van der Waals surface area contributed by atoms with E-state index in [1.165, 1.54) is 10.5 Å². The van der Waals surface area contributed by atoms with Gasteiger partial charge in [-0.1, -0.05) is 55.8 Å². The van der Waals surface area contributed by atoms with Crippen LogP contribution in [0.15, 0.2) is 66.4 Å². The van der Waals surface area contributed by atoms with Crippen molar-refractivity contribution >= 4 is 28.8 Å². The van der Waals surface area contributed by atoms with Gasteiger partial charge in [-0.15, -0.1) is 0 Å². The Hall–Kier alpha value is -3.66. The number of aryl methyl sites for hydroxylation is 4. The molecule has 0 aliphatic carbocycles. The van der Waals surface area contributed by atoms with Gasteiger partial charge in [-0.2, -0.15) is 0 Å². The van der Waals surface area contributed by atoms with Crippen molar-refractivity contribution in [1.82, 2.24) is 0 Å². The van der Waals surface area contributed by atoms with Crippen LogP contribution >= 0.6 is 0 Å². The summed E-state index contributed by atoms with van der Waals surface area (Å²) in [4.78, 5) is 28.7. The molecule has 0 radical (unpaired) electrons. The van der Waals surface area contributed by atoms with Gasteiger partial charge in [0.05, 0.1) is 11.3 Å². The molecular weight excluding hydrogens is 420 g/mol. The maximum atomic E-state index is 13.7. The van der Waals surface area contributed by atoms with Crippen molar-refractivity contribution in [1.29, 1.82) is 0 Å². The molecule has 4 nitrogen and oxygen atoms in total. The lowest BCUT2D eigenvalue weighted by atomic mass is 9.99. The van der Waals surface area contributed by atoms with Gasteiger partial charge in [-0.3, -0.25) is 9.59 Å². The molecule has 3 aromatic carbocycles. The number of anilines is 2. The highest BCUT2D eigenvalue weighted by Crippen LogP contribution is 2.35. The first-order valence-electron chi connectivity index (χ1n) is 11.9. The standard InChI is InChI=1S/C30H32N2O2/c1-6-7-10-23-13-16-25(17-14-23)32-29(33)27(24-15-12-19(2)21(4)18-24)28(30(32)34)31-26-11-8-9-20(3)22(26)5/h8-9,11-18,31H,6-7,10H2,1-5H3. The Kier molecular flexibility index (Phi) is 6.69. The highest BCUT2D eigenvalue weighted by atomic mass is 16.2. The summed E-state index contributed by atoms with van der Waals surface area (Å²) in [5.41, 5.74) is 8.49. The molecule has 1 aliphatic rings. The molecular formula is C30H32N2O2. The van der Waals surface area contributed by atoms with Crippen LogP contribution in [0.1, 0.15) is 53.1 Å². The number of unbranched alkanes of at least 4 members (excludes halogenated alkanes) is 1. The van der Waals surface area contributed by atoms with Crippen molar-refractivity contribution in [2.45, 2.75) is 53.9 Å². The smallest absolute Gasteiger partial charge is 0.282 e. The van der Waals surface area contributed by atoms with E-state index in [2.05, 4.69) is 12.2 Å². The fourth-order valence-corrected chi connectivity index (χ4v) is 4.26. The molecule has 0 saturated carbocycles. The van der Waals surface area contributed by atoms with Gasteiger partial charge in [-0.05, 0) is 92.1 Å². The second kappa shape index (κ2) is 9.68. The van der Waals surface area contributed by atoms with E-state index in [1.54, 1.807) is 0 Å². The van der Waals surface area contributed by atoms with E-state index in [0.29, 0.717) is 17.0 Å². The normalized spacial score (nSPS) is 13.7. The molecule has 34 heavy (non-hydrogen) atoms. The molecule has 1 heterocycles. The molecule has 174 valence electrons. The first-order valence-corrected chi connectivity index (χ1v) is 11.9. The largest absolute Gasteiger partial charge is 0.350 e. The number of imide groups is 1. The third-order valence-corrected chi connectivity index (χ3v) is 6.76. The minimum absolute atomic E-state index is 0.303. The lowest BCUT2D eigenvalue weighted by Crippen LogP contribution is -2.32. The van der Waals surface area contributed by atoms with Crippen LogP contribution in [-0.4, -0.2) is 11.8 Å². The van der Waals surface area contributed by atoms with Crippen LogP contribution in [-0.2, 0) is 16.0 Å². The Morgan fingerprint density at radius 3 is 2.21 bits per heavy atom. The van der Waals surface area contributed by atoms with Gasteiger partial charge >= 0.3 is 0 Å². The van der Waals surface area contributed by atoms with E-state index >= 15 is 0 Å². The van der Waals surface area contributed by atoms with E-state index in [-0.39, 0.29) is 11.8 Å². The quantitative estimate of drug-likeness (QED) is 0.408. The molecule has 1 N–H and O–H groups in total. The number of rotatable bonds is 7. The monoisotopic (exact) mass is 452 g/mol. The Bertz CT molecular complexity index is 1290. The summed E-state index contributed by atoms with van der Waals surface area (Å²) in [6, 6.07) is 19.6. The number of nitrogens with zero attached hydrogens (tertiary/aromatic N) is 1. The van der Waals surface area contributed by atoms with Gasteiger partial charge in [0, 0.05) is 5.69 Å². The Balaban J connectivity index is 1.78. The van der Waals surface area contributed by atoms with E-state index < -0.39 is 0 Å². The summed E-state index contributed by atoms with van der Waals surface area (Å²) in [5.74, 6) is -0.636. The molecule has 0 spiro atoms. The minimum atomic E-state index is -0.333. The molecule has 3 aromatic rings. The van der Waals surface area contributed by atoms with Gasteiger partial charge in [0.25, 0.3) is 11.8 Å². The molecule has 0 saturated heterocycles. The summed E-state index contributed by atoms with van der Waals surface area (Å²) < 4.78 is 0. The van der Waals surface area contributed by atoms with Gasteiger partial charge in [0.1, 0.15) is 5.70 Å². The number of hydrogen-bond acceptors (Lipinski definition) is 3. The molecule has 4 heteroatoms. The molecule has 0 atom stereocenters. The molecule has 1 aliphatic heterocycles. The Morgan fingerprint density at radius 1 is 0.794 bits per heavy atom. The zero-order valence-corrected chi connectivity index (χ0v) is 20.7. The Labute approximate surface area is 202 Å². The Morgan fingerprint density at radius 2 is 1.53 bits per heavy atom. The summed E-state index contributed by atoms with van der Waals surface area (Å²) in [6.45, 7) is 10.3. The van der Waals surface area contributed by atoms with Crippen LogP contribution in [0.2, 0.25) is 0 Å². The summed E-state index contributed by atoms with van der Waals surface area (Å²) >= 11 is 0. The number of carbonyl (C=O) groups excluding carboxylic acids is 2. The molecule has 0 bridgehead atoms. The number of hydrogen-bond donors (Lipinski definition) is 1. The van der Waals surface area contributed by atoms with E-state index in [9.17, 15) is 9.59 Å². The maximum absolute atomic E-state index is 13.7. The van der Waals surface area contributed by atoms with Crippen LogP contribution < -0.4 is 10.2 Å². The fraction of sp³-hybridized carbons (Fsp3) is 0.267. The fourth-order valence-electron chi connectivity index (χ4n) is 4.26. The van der Waals surface area contributed by atoms with E-state index in [1.807, 2.05) is 88.4 Å². The van der Waals surface area contributed by atoms with Crippen molar-refractivity contribution in [2.75, 3.05) is 10.2 Å². The predicted molar refractivity (Wildman–Crippen MR) is 140 cm³/mol. The highest BCUT2D eigenvalue weighted by Gasteiger charge is 2.40. The van der Waals surface area contributed by atoms with E-state index in [4.69, 9.17) is 0 Å². The van der Waals surface area contributed by atoms with Crippen LogP contribution in [0, 0.1) is 27.7 Å². The first-order chi connectivity index (χ1) is 16.3. The zero-order valence-electron chi connectivity index (χ0n) is 20.7. The number of nitrogens with one attached hydrogen (secondary N) is 1. The van der Waals surface area contributed by atoms with Crippen molar-refractivity contribution in [3.8, 4) is 0 Å². The van der Waals surface area contributed by atoms with Gasteiger partial charge in [0.2, 0.25) is 0 Å². The minimum Gasteiger partial charge on any atom is -0.350 e. The van der Waals surface area contributed by atoms with Gasteiger partial charge in [0.15, 0.2) is 0 Å². The van der Waals surface area contributed by atoms with Gasteiger partial charge < -0.3 is 5.32 Å². The molecule has 0 aromatic heterocycles. The molecule has 2 amide bonds. The van der Waals surface area contributed by atoms with E-state index in [0.717, 1.165) is 52.8 Å². The van der Waals surface area contributed by atoms with Crippen LogP contribution in [0.25, 0.3) is 5.57 Å². The number of amides is 2. The molecule has 0 unspecified atom stereocenters. The van der Waals surface area contributed by atoms with Crippen molar-refractivity contribution in [3.63, 3.8) is 0 Å². The van der Waals surface area contributed by atoms with Crippen LogP contribution in [0.5, 0.6) is 0 Å². The lowest BCUT2D eigenvalue weighted by Gasteiger charge is -2.16. The van der Waals surface area contributed by atoms with Crippen molar-refractivity contribution in [3.05, 3.63) is 99.7 Å². The lowest BCUT2D eigenvalue weighted by molar-refractivity contribution is -0.120. The van der Waals surface area contributed by atoms with Crippen LogP contribution in [0.4, 0.5) is 11.4 Å². The second-order valence-electron chi connectivity index (χ2n) is 9.14. The summed E-state index contributed by atoms with van der Waals surface area (Å²) in [5, 5.41) is 3.32. The maximum Gasteiger partial charge on any atom is 0.282 e. The third kappa shape index (κ3) is 4.41. The van der Waals surface area contributed by atoms with Crippen LogP contribution in [0.3, 0.4) is 0 Å². The number of benzene rings is 3. The highest BCUT2D eigenvalue weighted by molar-refractivity contribution is 6.46. The van der Waals surface area contributed by atoms with Crippen molar-refractivity contribution in [2.24, 2.45) is 0 Å². The average Bonchev–Trinajstić information content (AvgIpc) is 3.07. The molecule has 0 fully saturated rings. The van der Waals surface area contributed by atoms with Crippen molar-refractivity contribution < 1.29 is 9.59 Å². The summed E-state index contributed by atoms with van der Waals surface area (Å²) in [6.07, 6.45) is 3.23. The second-order valence-corrected chi connectivity index (χ2v) is 9.14. The average molecular weight is 453 g/mol. The SMILES string of the molecule is CCCCc1ccc(N2C(=O)C(Nc3cccc(C)c3C)=C(c3ccc(C)c(C)c3)C2=O)cc1. The zero-order chi connectivity index (χ0) is 24.4. The first kappa shape index (κ1) is 23.5. The topological polar surface area (TPSA) is 49.4 Å². The van der Waals surface area contributed by atoms with Gasteiger partial charge in [-0.25, -0.2) is 4.90 Å². The predicted octanol–water partition coefficient (Wildman–Crippen LogP) is 6.66. The molecule has 4 rings (SSSR count). The summed E-state index contributed by atoms with van der Waals surface area (Å²) in [7, 11) is 0. The third-order valence-electron chi connectivity index (χ3n) is 6.76. The number of carbonyl (C=O) groups is 2.